The molecule has 0 radical (unpaired) electrons. The number of aliphatic hydroxyl groups excluding tert-OH is 1. The van der Waals surface area contributed by atoms with Crippen LogP contribution in [0.25, 0.3) is 10.8 Å². The minimum absolute atomic E-state index is 0.0223. The van der Waals surface area contributed by atoms with Crippen LogP contribution in [0.15, 0.2) is 98.1 Å². The average Bonchev–Trinajstić information content (AvgIpc) is 3.68. The summed E-state index contributed by atoms with van der Waals surface area (Å²) in [5.41, 5.74) is 1.76. The number of thioether (sulfide) groups is 1. The normalized spacial score (nSPS) is 26.0. The third kappa shape index (κ3) is 6.18. The molecule has 6 rings (SSSR count). The molecule has 0 aromatic heterocycles. The lowest BCUT2D eigenvalue weighted by atomic mass is 9.70. The largest absolute Gasteiger partial charge is 0.396 e. The van der Waals surface area contributed by atoms with Gasteiger partial charge in [-0.2, -0.15) is 0 Å². The number of benzene rings is 3. The number of hydrogen-bond acceptors (Lipinski definition) is 5. The Labute approximate surface area is 289 Å². The molecular weight excluding hydrogens is 674 g/mol. The second-order valence-electron chi connectivity index (χ2n) is 12.7. The molecule has 1 N–H and O–H groups in total. The van der Waals surface area contributed by atoms with Crippen LogP contribution in [0.4, 0.5) is 5.69 Å². The first-order valence-electron chi connectivity index (χ1n) is 16.4. The van der Waals surface area contributed by atoms with Crippen molar-refractivity contribution in [2.45, 2.75) is 53.1 Å². The van der Waals surface area contributed by atoms with Crippen molar-refractivity contribution in [1.29, 1.82) is 0 Å². The first kappa shape index (κ1) is 33.5. The number of carbonyl (C=O) groups is 3. The summed E-state index contributed by atoms with van der Waals surface area (Å²) >= 11 is 5.57. The van der Waals surface area contributed by atoms with Crippen molar-refractivity contribution in [3.05, 3.63) is 104 Å². The summed E-state index contributed by atoms with van der Waals surface area (Å²) in [6.07, 6.45) is 6.11. The van der Waals surface area contributed by atoms with Crippen molar-refractivity contribution in [1.82, 2.24) is 9.80 Å². The number of nitrogens with zero attached hydrogens (tertiary/aromatic N) is 3. The summed E-state index contributed by atoms with van der Waals surface area (Å²) in [4.78, 5) is 49.5. The number of hydrogen-bond donors (Lipinski definition) is 1. The van der Waals surface area contributed by atoms with Crippen LogP contribution < -0.4 is 4.90 Å². The first-order chi connectivity index (χ1) is 22.8. The maximum absolute atomic E-state index is 15.0. The number of unbranched alkanes of at least 4 members (excludes halogenated alkanes) is 2. The van der Waals surface area contributed by atoms with E-state index in [2.05, 4.69) is 29.1 Å². The Bertz CT molecular complexity index is 1650. The van der Waals surface area contributed by atoms with Crippen LogP contribution >= 0.6 is 27.7 Å². The van der Waals surface area contributed by atoms with Gasteiger partial charge in [0.25, 0.3) is 5.91 Å². The number of amides is 3. The van der Waals surface area contributed by atoms with E-state index in [-0.39, 0.29) is 34.4 Å². The minimum Gasteiger partial charge on any atom is -0.396 e. The number of rotatable bonds is 14. The highest BCUT2D eigenvalue weighted by atomic mass is 79.9. The number of alkyl halides is 1. The lowest BCUT2D eigenvalue weighted by molar-refractivity contribution is -0.144. The number of likely N-dealkylation sites (tertiary alicyclic amines) is 1. The molecule has 3 aliphatic heterocycles. The zero-order valence-electron chi connectivity index (χ0n) is 26.5. The van der Waals surface area contributed by atoms with E-state index in [9.17, 15) is 14.7 Å². The Morgan fingerprint density at radius 3 is 2.40 bits per heavy atom. The van der Waals surface area contributed by atoms with Crippen molar-refractivity contribution >= 4 is 61.9 Å². The molecule has 9 heteroatoms. The molecule has 3 heterocycles. The molecule has 246 valence electrons. The van der Waals surface area contributed by atoms with Crippen LogP contribution in [0.3, 0.4) is 0 Å². The van der Waals surface area contributed by atoms with Gasteiger partial charge in [0.2, 0.25) is 11.8 Å². The fraction of sp³-hybridized carbons (Fsp3) is 0.395. The van der Waals surface area contributed by atoms with Crippen LogP contribution in [-0.2, 0) is 20.9 Å². The lowest BCUT2D eigenvalue weighted by Crippen LogP contribution is -2.56. The van der Waals surface area contributed by atoms with Crippen LogP contribution in [0, 0.1) is 11.8 Å². The van der Waals surface area contributed by atoms with Crippen molar-refractivity contribution < 1.29 is 19.5 Å². The zero-order valence-corrected chi connectivity index (χ0v) is 29.0. The second kappa shape index (κ2) is 14.4. The van der Waals surface area contributed by atoms with Gasteiger partial charge in [-0.05, 0) is 54.2 Å². The molecule has 3 aromatic rings. The van der Waals surface area contributed by atoms with E-state index in [4.69, 9.17) is 0 Å². The summed E-state index contributed by atoms with van der Waals surface area (Å²) in [6, 6.07) is 23.2. The molecule has 0 saturated carbocycles. The summed E-state index contributed by atoms with van der Waals surface area (Å²) < 4.78 is -0.757. The highest BCUT2D eigenvalue weighted by Gasteiger charge is 2.76. The summed E-state index contributed by atoms with van der Waals surface area (Å²) in [5.74, 6) is -1.51. The minimum atomic E-state index is -0.757. The first-order valence-corrected chi connectivity index (χ1v) is 18.2. The molecule has 7 nitrogen and oxygen atoms in total. The highest BCUT2D eigenvalue weighted by molar-refractivity contribution is 9.09. The number of aliphatic hydroxyl groups is 1. The van der Waals surface area contributed by atoms with Crippen molar-refractivity contribution in [3.63, 3.8) is 0 Å². The number of halogens is 1. The SMILES string of the molecule is C=CCN(Cc1ccccc1)C(=O)[C@H]1[C@@H]2SC3(CC2Br)C(C(=O)N(CC=C)c2ccc4ccccc4c2)N(CCCCCO)C(=O)[C@H]13. The molecule has 3 aromatic carbocycles. The number of anilines is 1. The predicted octanol–water partition coefficient (Wildman–Crippen LogP) is 6.20. The Balaban J connectivity index is 1.39. The van der Waals surface area contributed by atoms with Gasteiger partial charge in [-0.15, -0.1) is 24.9 Å². The molecule has 47 heavy (non-hydrogen) atoms. The van der Waals surface area contributed by atoms with Gasteiger partial charge < -0.3 is 19.8 Å². The standard InChI is InChI=1S/C38H42BrN3O4S/c1-3-19-40(25-26-13-7-5-8-14-26)35(44)31-32-36(45)42(21-11-6-12-22-43)34(38(32)24-30(39)33(31)47-38)37(46)41(20-4-2)29-18-17-27-15-9-10-16-28(27)23-29/h3-5,7-10,13-18,23,30-34,43H,1-2,6,11-12,19-22,24-25H2/t30?,31-,32+,33-,34?,38?/m1/s1. The Morgan fingerprint density at radius 2 is 1.68 bits per heavy atom. The monoisotopic (exact) mass is 715 g/mol. The Hall–Kier alpha value is -3.40. The highest BCUT2D eigenvalue weighted by Crippen LogP contribution is 2.68. The smallest absolute Gasteiger partial charge is 0.251 e. The second-order valence-corrected chi connectivity index (χ2v) is 15.5. The molecule has 1 spiro atoms. The average molecular weight is 717 g/mol. The Kier molecular flexibility index (Phi) is 10.2. The van der Waals surface area contributed by atoms with E-state index in [0.29, 0.717) is 45.4 Å². The van der Waals surface area contributed by atoms with Gasteiger partial charge in [0, 0.05) is 48.6 Å². The van der Waals surface area contributed by atoms with E-state index >= 15 is 4.79 Å². The van der Waals surface area contributed by atoms with E-state index in [1.54, 1.807) is 38.6 Å². The van der Waals surface area contributed by atoms with Crippen LogP contribution in [-0.4, -0.2) is 79.7 Å². The van der Waals surface area contributed by atoms with Crippen molar-refractivity contribution in [2.75, 3.05) is 31.1 Å². The van der Waals surface area contributed by atoms with Crippen LogP contribution in [0.5, 0.6) is 0 Å². The summed E-state index contributed by atoms with van der Waals surface area (Å²) in [7, 11) is 0. The fourth-order valence-electron chi connectivity index (χ4n) is 7.85. The third-order valence-electron chi connectivity index (χ3n) is 9.87. The molecular formula is C38H42BrN3O4S. The van der Waals surface area contributed by atoms with Crippen molar-refractivity contribution in [3.8, 4) is 0 Å². The molecule has 3 saturated heterocycles. The van der Waals surface area contributed by atoms with Gasteiger partial charge in [0.05, 0.1) is 16.6 Å². The van der Waals surface area contributed by atoms with E-state index in [1.165, 1.54) is 0 Å². The zero-order chi connectivity index (χ0) is 33.1. The van der Waals surface area contributed by atoms with E-state index < -0.39 is 22.6 Å². The third-order valence-corrected chi connectivity index (χ3v) is 13.1. The molecule has 0 aliphatic carbocycles. The molecule has 3 aliphatic rings. The van der Waals surface area contributed by atoms with Gasteiger partial charge in [-0.1, -0.05) is 88.7 Å². The molecule has 6 atom stereocenters. The maximum Gasteiger partial charge on any atom is 0.251 e. The quantitative estimate of drug-likeness (QED) is 0.122. The summed E-state index contributed by atoms with van der Waals surface area (Å²) in [5, 5.41) is 11.4. The van der Waals surface area contributed by atoms with E-state index in [1.807, 2.05) is 72.8 Å². The molecule has 3 fully saturated rings. The van der Waals surface area contributed by atoms with Gasteiger partial charge in [0.1, 0.15) is 6.04 Å². The van der Waals surface area contributed by atoms with E-state index in [0.717, 1.165) is 28.4 Å². The Morgan fingerprint density at radius 1 is 0.957 bits per heavy atom. The molecule has 3 amide bonds. The van der Waals surface area contributed by atoms with Crippen LogP contribution in [0.1, 0.15) is 31.2 Å². The lowest BCUT2D eigenvalue weighted by Gasteiger charge is -2.38. The predicted molar refractivity (Wildman–Crippen MR) is 193 cm³/mol. The fourth-order valence-corrected chi connectivity index (χ4v) is 11.4. The van der Waals surface area contributed by atoms with Gasteiger partial charge in [0.15, 0.2) is 0 Å². The topological polar surface area (TPSA) is 81.2 Å². The van der Waals surface area contributed by atoms with Gasteiger partial charge >= 0.3 is 0 Å². The van der Waals surface area contributed by atoms with Gasteiger partial charge in [-0.3, -0.25) is 14.4 Å². The number of fused-ring (bicyclic) bond motifs is 2. The van der Waals surface area contributed by atoms with Gasteiger partial charge in [-0.25, -0.2) is 0 Å². The molecule has 3 unspecified atom stereocenters. The van der Waals surface area contributed by atoms with Crippen molar-refractivity contribution in [2.24, 2.45) is 11.8 Å². The number of carbonyl (C=O) groups excluding carboxylic acids is 3. The molecule has 2 bridgehead atoms. The summed E-state index contributed by atoms with van der Waals surface area (Å²) in [6.45, 7) is 9.43. The maximum atomic E-state index is 15.0. The van der Waals surface area contributed by atoms with Crippen LogP contribution in [0.2, 0.25) is 0 Å².